The van der Waals surface area contributed by atoms with Crippen LogP contribution in [0.2, 0.25) is 0 Å². The Morgan fingerprint density at radius 2 is 1.81 bits per heavy atom. The molecule has 8 heteroatoms. The Labute approximate surface area is 163 Å². The van der Waals surface area contributed by atoms with E-state index < -0.39 is 10.0 Å². The number of anilines is 1. The third-order valence-electron chi connectivity index (χ3n) is 5.80. The van der Waals surface area contributed by atoms with Gasteiger partial charge in [0.2, 0.25) is 10.0 Å². The van der Waals surface area contributed by atoms with E-state index in [1.807, 2.05) is 7.05 Å². The molecular weight excluding hydrogens is 362 g/mol. The Kier molecular flexibility index (Phi) is 6.40. The fourth-order valence-electron chi connectivity index (χ4n) is 4.28. The van der Waals surface area contributed by atoms with Crippen LogP contribution in [0.15, 0.2) is 23.2 Å². The molecule has 0 radical (unpaired) electrons. The molecule has 1 N–H and O–H groups in total. The predicted molar refractivity (Wildman–Crippen MR) is 108 cm³/mol. The van der Waals surface area contributed by atoms with Crippen molar-refractivity contribution >= 4 is 15.8 Å². The summed E-state index contributed by atoms with van der Waals surface area (Å²) in [6, 6.07) is 3.47. The Morgan fingerprint density at radius 3 is 2.37 bits per heavy atom. The van der Waals surface area contributed by atoms with E-state index in [0.717, 1.165) is 32.0 Å². The summed E-state index contributed by atoms with van der Waals surface area (Å²) in [4.78, 5) is 9.06. The van der Waals surface area contributed by atoms with Crippen molar-refractivity contribution < 1.29 is 8.42 Å². The summed E-state index contributed by atoms with van der Waals surface area (Å²) < 4.78 is 27.1. The van der Waals surface area contributed by atoms with E-state index in [2.05, 4.69) is 34.2 Å². The molecule has 2 aliphatic rings. The largest absolute Gasteiger partial charge is 0.369 e. The second kappa shape index (κ2) is 8.43. The molecule has 1 saturated heterocycles. The van der Waals surface area contributed by atoms with Gasteiger partial charge in [0.25, 0.3) is 0 Å². The number of nitrogens with zero attached hydrogens (tertiary/aromatic N) is 4. The number of likely N-dealkylation sites (N-methyl/N-ethyl adjacent to an activating group) is 1. The second-order valence-corrected chi connectivity index (χ2v) is 10.3. The van der Waals surface area contributed by atoms with Crippen molar-refractivity contribution in [1.82, 2.24) is 19.1 Å². The number of hydrogen-bond acceptors (Lipinski definition) is 6. The summed E-state index contributed by atoms with van der Waals surface area (Å²) in [7, 11) is 2.80. The summed E-state index contributed by atoms with van der Waals surface area (Å²) >= 11 is 0. The molecule has 1 aliphatic heterocycles. The average molecular weight is 396 g/mol. The molecule has 27 heavy (non-hydrogen) atoms. The van der Waals surface area contributed by atoms with Gasteiger partial charge in [0.05, 0.1) is 0 Å². The maximum absolute atomic E-state index is 12.8. The van der Waals surface area contributed by atoms with Crippen molar-refractivity contribution in [2.45, 2.75) is 30.6 Å². The lowest BCUT2D eigenvalue weighted by Gasteiger charge is -2.32. The smallest absolute Gasteiger partial charge is 0.244 e. The number of sulfonamides is 1. The van der Waals surface area contributed by atoms with E-state index in [-0.39, 0.29) is 10.3 Å². The normalized spacial score (nSPS) is 21.6. The molecule has 152 valence electrons. The highest BCUT2D eigenvalue weighted by atomic mass is 32.2. The zero-order valence-corrected chi connectivity index (χ0v) is 17.6. The minimum Gasteiger partial charge on any atom is -0.369 e. The molecule has 7 nitrogen and oxygen atoms in total. The van der Waals surface area contributed by atoms with Crippen molar-refractivity contribution in [2.75, 3.05) is 65.7 Å². The third-order valence-corrected chi connectivity index (χ3v) is 7.68. The van der Waals surface area contributed by atoms with Gasteiger partial charge >= 0.3 is 0 Å². The van der Waals surface area contributed by atoms with Crippen LogP contribution < -0.4 is 5.32 Å². The quantitative estimate of drug-likeness (QED) is 0.756. The monoisotopic (exact) mass is 395 g/mol. The van der Waals surface area contributed by atoms with Crippen molar-refractivity contribution in [3.05, 3.63) is 18.3 Å². The first-order chi connectivity index (χ1) is 12.8. The fourth-order valence-corrected chi connectivity index (χ4v) is 5.65. The summed E-state index contributed by atoms with van der Waals surface area (Å²) in [5, 5.41) is 3.44. The van der Waals surface area contributed by atoms with Crippen LogP contribution in [0.25, 0.3) is 0 Å². The highest BCUT2D eigenvalue weighted by Gasteiger charge is 2.34. The Hall–Kier alpha value is -1.22. The van der Waals surface area contributed by atoms with E-state index in [4.69, 9.17) is 0 Å². The molecule has 1 saturated carbocycles. The van der Waals surface area contributed by atoms with Gasteiger partial charge in [-0.2, -0.15) is 4.31 Å². The lowest BCUT2D eigenvalue weighted by Crippen LogP contribution is -2.47. The van der Waals surface area contributed by atoms with Crippen LogP contribution in [0.3, 0.4) is 0 Å². The van der Waals surface area contributed by atoms with Crippen LogP contribution in [0.4, 0.5) is 5.82 Å². The van der Waals surface area contributed by atoms with Crippen LogP contribution in [0.5, 0.6) is 0 Å². The molecule has 1 aliphatic carbocycles. The minimum absolute atomic E-state index is 0.279. The van der Waals surface area contributed by atoms with Gasteiger partial charge in [-0.15, -0.1) is 0 Å². The maximum atomic E-state index is 12.8. The zero-order chi connectivity index (χ0) is 19.5. The van der Waals surface area contributed by atoms with Gasteiger partial charge in [-0.1, -0.05) is 12.8 Å². The van der Waals surface area contributed by atoms with E-state index in [0.29, 0.717) is 13.1 Å². The number of nitrogens with one attached hydrogen (secondary N) is 1. The summed E-state index contributed by atoms with van der Waals surface area (Å²) in [6.07, 6.45) is 6.52. The van der Waals surface area contributed by atoms with Crippen LogP contribution in [-0.2, 0) is 10.0 Å². The molecule has 0 bridgehead atoms. The first-order valence-electron chi connectivity index (χ1n) is 9.84. The molecule has 3 rings (SSSR count). The Morgan fingerprint density at radius 1 is 1.15 bits per heavy atom. The first-order valence-corrected chi connectivity index (χ1v) is 11.3. The molecule has 0 unspecified atom stereocenters. The zero-order valence-electron chi connectivity index (χ0n) is 16.8. The van der Waals surface area contributed by atoms with Crippen molar-refractivity contribution in [3.63, 3.8) is 0 Å². The summed E-state index contributed by atoms with van der Waals surface area (Å²) in [5.74, 6) is 0.748. The molecule has 2 heterocycles. The van der Waals surface area contributed by atoms with E-state index >= 15 is 0 Å². The van der Waals surface area contributed by atoms with Gasteiger partial charge in [-0.25, -0.2) is 13.4 Å². The number of aromatic nitrogens is 1. The SMILES string of the molecule is CN(C)CC1(CNc2ccc(S(=O)(=O)N3CCN(C)CC3)cn2)CCCC1. The predicted octanol–water partition coefficient (Wildman–Crippen LogP) is 1.55. The number of pyridine rings is 1. The Bertz CT molecular complexity index is 706. The third kappa shape index (κ3) is 4.99. The molecule has 0 aromatic carbocycles. The average Bonchev–Trinajstić information content (AvgIpc) is 3.09. The van der Waals surface area contributed by atoms with Crippen molar-refractivity contribution in [1.29, 1.82) is 0 Å². The number of hydrogen-bond donors (Lipinski definition) is 1. The minimum atomic E-state index is -3.45. The Balaban J connectivity index is 1.63. The molecule has 2 fully saturated rings. The first kappa shape index (κ1) is 20.5. The van der Waals surface area contributed by atoms with Gasteiger partial charge in [0.1, 0.15) is 10.7 Å². The topological polar surface area (TPSA) is 68.8 Å². The number of rotatable bonds is 7. The van der Waals surface area contributed by atoms with E-state index in [1.54, 1.807) is 16.4 Å². The highest BCUT2D eigenvalue weighted by molar-refractivity contribution is 7.89. The lowest BCUT2D eigenvalue weighted by molar-refractivity contribution is 0.215. The maximum Gasteiger partial charge on any atom is 0.244 e. The second-order valence-electron chi connectivity index (χ2n) is 8.38. The molecule has 0 atom stereocenters. The molecular formula is C19H33N5O2S. The molecule has 0 amide bonds. The van der Waals surface area contributed by atoms with Gasteiger partial charge in [0, 0.05) is 50.9 Å². The van der Waals surface area contributed by atoms with E-state index in [9.17, 15) is 8.42 Å². The van der Waals surface area contributed by atoms with Gasteiger partial charge < -0.3 is 15.1 Å². The van der Waals surface area contributed by atoms with Gasteiger partial charge in [-0.05, 0) is 46.1 Å². The van der Waals surface area contributed by atoms with Gasteiger partial charge in [-0.3, -0.25) is 0 Å². The molecule has 1 aromatic heterocycles. The van der Waals surface area contributed by atoms with Gasteiger partial charge in [0.15, 0.2) is 0 Å². The van der Waals surface area contributed by atoms with E-state index in [1.165, 1.54) is 31.9 Å². The van der Waals surface area contributed by atoms with Crippen LogP contribution in [0, 0.1) is 5.41 Å². The van der Waals surface area contributed by atoms with Crippen LogP contribution >= 0.6 is 0 Å². The molecule has 0 spiro atoms. The summed E-state index contributed by atoms with van der Waals surface area (Å²) in [5.41, 5.74) is 0.287. The van der Waals surface area contributed by atoms with Crippen molar-refractivity contribution in [3.8, 4) is 0 Å². The van der Waals surface area contributed by atoms with Crippen LogP contribution in [-0.4, -0.2) is 87.9 Å². The number of piperazine rings is 1. The van der Waals surface area contributed by atoms with Crippen molar-refractivity contribution in [2.24, 2.45) is 5.41 Å². The summed E-state index contributed by atoms with van der Waals surface area (Å²) in [6.45, 7) is 4.54. The lowest BCUT2D eigenvalue weighted by atomic mass is 9.85. The fraction of sp³-hybridized carbons (Fsp3) is 0.737. The highest BCUT2D eigenvalue weighted by Crippen LogP contribution is 2.38. The standard InChI is InChI=1S/C19H33N5O2S/c1-22(2)16-19(8-4-5-9-19)15-21-18-7-6-17(14-20-18)27(25,26)24-12-10-23(3)11-13-24/h6-7,14H,4-5,8-13,15-16H2,1-3H3,(H,20,21). The molecule has 1 aromatic rings. The van der Waals surface area contributed by atoms with Crippen LogP contribution in [0.1, 0.15) is 25.7 Å².